The van der Waals surface area contributed by atoms with E-state index in [2.05, 4.69) is 15.9 Å². The summed E-state index contributed by atoms with van der Waals surface area (Å²) in [6.07, 6.45) is 0. The Morgan fingerprint density at radius 3 is 1.62 bits per heavy atom. The number of imide groups is 1. The van der Waals surface area contributed by atoms with E-state index in [1.807, 2.05) is 48.5 Å². The van der Waals surface area contributed by atoms with E-state index >= 15 is 0 Å². The predicted molar refractivity (Wildman–Crippen MR) is 189 cm³/mol. The fourth-order valence-electron chi connectivity index (χ4n) is 7.70. The summed E-state index contributed by atoms with van der Waals surface area (Å²) < 4.78 is 6.24. The van der Waals surface area contributed by atoms with Crippen molar-refractivity contribution >= 4 is 51.1 Å². The summed E-state index contributed by atoms with van der Waals surface area (Å²) in [5, 5.41) is 13.0. The van der Waals surface area contributed by atoms with Gasteiger partial charge in [0.1, 0.15) is 12.3 Å². The molecule has 0 aromatic heterocycles. The fourth-order valence-corrected chi connectivity index (χ4v) is 7.96. The van der Waals surface area contributed by atoms with Crippen molar-refractivity contribution in [3.8, 4) is 5.75 Å². The number of non-ortho nitro benzene ring substituents is 1. The standard InChI is InChI=1S/C40H26BrN3O8/c41-25-15-9-24(10-16-25)40(49)52-27-19-13-22(14-20-27)32(45)21-42(37(46)23-11-17-26(18-12-23)44(50)51)43-38(47)35-33-28-5-1-2-6-29(28)34(36(35)39(43)48)31-8-4-3-7-30(31)33/h1-20,33-36H,21H2/t33?,34?,35-,36-/m0/s1. The largest absolute Gasteiger partial charge is 0.423 e. The number of rotatable bonds is 8. The number of hydrogen-bond donors (Lipinski definition) is 0. The van der Waals surface area contributed by atoms with Crippen molar-refractivity contribution < 1.29 is 33.6 Å². The highest BCUT2D eigenvalue weighted by atomic mass is 79.9. The Bertz CT molecular complexity index is 2210. The summed E-state index contributed by atoms with van der Waals surface area (Å²) in [7, 11) is 0. The van der Waals surface area contributed by atoms with Crippen molar-refractivity contribution in [1.82, 2.24) is 10.0 Å². The van der Waals surface area contributed by atoms with Crippen LogP contribution in [0.1, 0.15) is 65.2 Å². The molecule has 0 unspecified atom stereocenters. The SMILES string of the molecule is O=C(CN(C(=O)c1ccc([N+](=O)[O-])cc1)N1C(=O)[C@H]2C3c4ccccc4C(c4ccccc43)[C@@H]2C1=O)c1ccc(OC(=O)c2ccc(Br)cc2)cc1. The molecule has 0 spiro atoms. The minimum atomic E-state index is -0.856. The van der Waals surface area contributed by atoms with Crippen LogP contribution in [-0.4, -0.2) is 51.0 Å². The van der Waals surface area contributed by atoms with Crippen LogP contribution in [0.2, 0.25) is 0 Å². The number of carbonyl (C=O) groups excluding carboxylic acids is 5. The van der Waals surface area contributed by atoms with Crippen molar-refractivity contribution in [3.05, 3.63) is 175 Å². The first kappa shape index (κ1) is 32.9. The number of benzene rings is 5. The zero-order chi connectivity index (χ0) is 36.3. The van der Waals surface area contributed by atoms with Gasteiger partial charge in [-0.15, -0.1) is 0 Å². The second-order valence-corrected chi connectivity index (χ2v) is 13.7. The van der Waals surface area contributed by atoms with E-state index in [0.29, 0.717) is 5.56 Å². The molecule has 1 fully saturated rings. The highest BCUT2D eigenvalue weighted by Gasteiger charge is 2.63. The molecule has 2 bridgehead atoms. The van der Waals surface area contributed by atoms with Gasteiger partial charge in [0.15, 0.2) is 5.78 Å². The highest BCUT2D eigenvalue weighted by molar-refractivity contribution is 9.10. The first-order chi connectivity index (χ1) is 25.1. The topological polar surface area (TPSA) is 144 Å². The smallest absolute Gasteiger partial charge is 0.343 e. The molecule has 4 aliphatic rings. The molecule has 0 radical (unpaired) electrons. The summed E-state index contributed by atoms with van der Waals surface area (Å²) in [5.41, 5.74) is 3.91. The molecular formula is C40H26BrN3O8. The fraction of sp³-hybridized carbons (Fsp3) is 0.125. The molecule has 5 aromatic rings. The van der Waals surface area contributed by atoms with Crippen LogP contribution in [0.4, 0.5) is 5.69 Å². The normalized spacial score (nSPS) is 19.4. The number of nitrogens with zero attached hydrogens (tertiary/aromatic N) is 3. The van der Waals surface area contributed by atoms with E-state index in [4.69, 9.17) is 4.74 Å². The number of Topliss-reactive ketones (excluding diaryl/α,β-unsaturated/α-hetero) is 1. The molecule has 12 heteroatoms. The number of nitro groups is 1. The third kappa shape index (κ3) is 5.39. The molecule has 0 N–H and O–H groups in total. The monoisotopic (exact) mass is 755 g/mol. The summed E-state index contributed by atoms with van der Waals surface area (Å²) in [6.45, 7) is -0.694. The van der Waals surface area contributed by atoms with Crippen LogP contribution in [0.3, 0.4) is 0 Å². The Labute approximate surface area is 304 Å². The second kappa shape index (κ2) is 12.8. The average molecular weight is 757 g/mol. The molecule has 2 atom stereocenters. The van der Waals surface area contributed by atoms with E-state index in [0.717, 1.165) is 48.9 Å². The molecular weight excluding hydrogens is 730 g/mol. The lowest BCUT2D eigenvalue weighted by Crippen LogP contribution is -2.52. The van der Waals surface area contributed by atoms with Gasteiger partial charge in [-0.1, -0.05) is 64.5 Å². The Kier molecular flexibility index (Phi) is 8.10. The number of ether oxygens (including phenoxy) is 1. The minimum absolute atomic E-state index is 0.0568. The van der Waals surface area contributed by atoms with Crippen LogP contribution in [0.15, 0.2) is 126 Å². The van der Waals surface area contributed by atoms with Crippen LogP contribution in [0.25, 0.3) is 0 Å². The van der Waals surface area contributed by atoms with Crippen LogP contribution in [0, 0.1) is 22.0 Å². The number of hydrazine groups is 1. The van der Waals surface area contributed by atoms with Gasteiger partial charge in [0.05, 0.1) is 22.3 Å². The summed E-state index contributed by atoms with van der Waals surface area (Å²) in [5.74, 6) is -5.61. The van der Waals surface area contributed by atoms with Gasteiger partial charge in [-0.05, 0) is 82.9 Å². The first-order valence-corrected chi connectivity index (χ1v) is 17.1. The van der Waals surface area contributed by atoms with Crippen LogP contribution in [-0.2, 0) is 9.59 Å². The molecule has 9 rings (SSSR count). The number of amides is 3. The van der Waals surface area contributed by atoms with Gasteiger partial charge >= 0.3 is 5.97 Å². The highest BCUT2D eigenvalue weighted by Crippen LogP contribution is 2.61. The predicted octanol–water partition coefficient (Wildman–Crippen LogP) is 6.71. The van der Waals surface area contributed by atoms with Crippen LogP contribution < -0.4 is 4.74 Å². The van der Waals surface area contributed by atoms with Gasteiger partial charge in [-0.2, -0.15) is 5.01 Å². The van der Waals surface area contributed by atoms with Crippen molar-refractivity contribution in [2.24, 2.45) is 11.8 Å². The molecule has 5 aromatic carbocycles. The summed E-state index contributed by atoms with van der Waals surface area (Å²) >= 11 is 3.32. The Balaban J connectivity index is 1.12. The number of ketones is 1. The van der Waals surface area contributed by atoms with Crippen molar-refractivity contribution in [1.29, 1.82) is 0 Å². The number of carbonyl (C=O) groups is 5. The van der Waals surface area contributed by atoms with Gasteiger partial charge in [0.2, 0.25) is 0 Å². The molecule has 3 amide bonds. The number of esters is 1. The Morgan fingerprint density at radius 2 is 1.13 bits per heavy atom. The molecule has 1 saturated heterocycles. The van der Waals surface area contributed by atoms with E-state index < -0.39 is 64.6 Å². The van der Waals surface area contributed by atoms with Gasteiger partial charge in [-0.3, -0.25) is 29.3 Å². The zero-order valence-corrected chi connectivity index (χ0v) is 28.6. The lowest BCUT2D eigenvalue weighted by Gasteiger charge is -2.45. The Morgan fingerprint density at radius 1 is 0.673 bits per heavy atom. The molecule has 1 heterocycles. The maximum atomic E-state index is 14.5. The van der Waals surface area contributed by atoms with Gasteiger partial charge in [-0.25, -0.2) is 9.80 Å². The Hall–Kier alpha value is -6.27. The van der Waals surface area contributed by atoms with E-state index in [-0.39, 0.29) is 22.6 Å². The molecule has 3 aliphatic carbocycles. The number of nitro benzene ring substituents is 1. The summed E-state index contributed by atoms with van der Waals surface area (Å²) in [6, 6.07) is 32.5. The lowest BCUT2D eigenvalue weighted by atomic mass is 9.55. The molecule has 52 heavy (non-hydrogen) atoms. The van der Waals surface area contributed by atoms with E-state index in [1.165, 1.54) is 36.4 Å². The maximum Gasteiger partial charge on any atom is 0.343 e. The molecule has 0 saturated carbocycles. The quantitative estimate of drug-likeness (QED) is 0.0425. The molecule has 1 aliphatic heterocycles. The minimum Gasteiger partial charge on any atom is -0.423 e. The third-order valence-corrected chi connectivity index (χ3v) is 10.5. The van der Waals surface area contributed by atoms with Crippen molar-refractivity contribution in [2.75, 3.05) is 6.54 Å². The average Bonchev–Trinajstić information content (AvgIpc) is 3.43. The summed E-state index contributed by atoms with van der Waals surface area (Å²) in [4.78, 5) is 80.5. The van der Waals surface area contributed by atoms with Crippen molar-refractivity contribution in [3.63, 3.8) is 0 Å². The van der Waals surface area contributed by atoms with E-state index in [9.17, 15) is 34.1 Å². The maximum absolute atomic E-state index is 14.5. The van der Waals surface area contributed by atoms with E-state index in [1.54, 1.807) is 24.3 Å². The van der Waals surface area contributed by atoms with Crippen LogP contribution in [0.5, 0.6) is 5.75 Å². The lowest BCUT2D eigenvalue weighted by molar-refractivity contribution is -0.384. The molecule has 11 nitrogen and oxygen atoms in total. The van der Waals surface area contributed by atoms with Gasteiger partial charge < -0.3 is 4.74 Å². The molecule has 256 valence electrons. The van der Waals surface area contributed by atoms with Crippen molar-refractivity contribution in [2.45, 2.75) is 11.8 Å². The van der Waals surface area contributed by atoms with Crippen LogP contribution >= 0.6 is 15.9 Å². The van der Waals surface area contributed by atoms with Gasteiger partial charge in [0, 0.05) is 39.6 Å². The van der Waals surface area contributed by atoms with Gasteiger partial charge in [0.25, 0.3) is 23.4 Å². The second-order valence-electron chi connectivity index (χ2n) is 12.8. The first-order valence-electron chi connectivity index (χ1n) is 16.3. The number of halogens is 1. The third-order valence-electron chi connectivity index (χ3n) is 9.99. The number of hydrogen-bond acceptors (Lipinski definition) is 8. The zero-order valence-electron chi connectivity index (χ0n) is 27.0.